The summed E-state index contributed by atoms with van der Waals surface area (Å²) in [5.74, 6) is -0.203. The number of hydrogen-bond donors (Lipinski definition) is 1. The molecule has 126 valence electrons. The standard InChI is InChI=1S/C18H26N2O3/c1-13-6-4-5-7-16(13)19-17(21)12-23-18(22)14-8-10-15(11-9-14)20(2)3/h8-11,13,16H,4-7,12H2,1-3H3,(H,19,21)/t13-,16+/m1/s1. The van der Waals surface area contributed by atoms with Crippen molar-refractivity contribution in [3.05, 3.63) is 29.8 Å². The number of amides is 1. The molecule has 0 aromatic heterocycles. The second-order valence-corrected chi connectivity index (χ2v) is 6.45. The van der Waals surface area contributed by atoms with Crippen LogP contribution in [0.25, 0.3) is 0 Å². The van der Waals surface area contributed by atoms with Crippen LogP contribution in [0.5, 0.6) is 0 Å². The molecule has 1 aliphatic carbocycles. The first-order chi connectivity index (χ1) is 11.0. The molecule has 0 unspecified atom stereocenters. The van der Waals surface area contributed by atoms with Gasteiger partial charge in [0.2, 0.25) is 0 Å². The lowest BCUT2D eigenvalue weighted by Crippen LogP contribution is -2.42. The van der Waals surface area contributed by atoms with E-state index in [0.717, 1.165) is 24.9 Å². The molecule has 2 rings (SSSR count). The molecule has 0 bridgehead atoms. The van der Waals surface area contributed by atoms with Crippen LogP contribution < -0.4 is 10.2 Å². The Morgan fingerprint density at radius 3 is 2.43 bits per heavy atom. The number of anilines is 1. The highest BCUT2D eigenvalue weighted by Gasteiger charge is 2.23. The molecule has 0 heterocycles. The van der Waals surface area contributed by atoms with Gasteiger partial charge in [0.1, 0.15) is 0 Å². The Balaban J connectivity index is 1.80. The van der Waals surface area contributed by atoms with Crippen LogP contribution in [0.3, 0.4) is 0 Å². The normalized spacial score (nSPS) is 20.7. The van der Waals surface area contributed by atoms with Crippen molar-refractivity contribution in [2.45, 2.75) is 38.6 Å². The lowest BCUT2D eigenvalue weighted by atomic mass is 9.86. The molecule has 1 fully saturated rings. The van der Waals surface area contributed by atoms with Gasteiger partial charge in [-0.05, 0) is 43.0 Å². The van der Waals surface area contributed by atoms with E-state index in [4.69, 9.17) is 4.74 Å². The van der Waals surface area contributed by atoms with Gasteiger partial charge in [0.25, 0.3) is 5.91 Å². The summed E-state index contributed by atoms with van der Waals surface area (Å²) < 4.78 is 5.10. The summed E-state index contributed by atoms with van der Waals surface area (Å²) in [4.78, 5) is 25.9. The van der Waals surface area contributed by atoms with E-state index in [0.29, 0.717) is 11.5 Å². The smallest absolute Gasteiger partial charge is 0.338 e. The van der Waals surface area contributed by atoms with E-state index in [1.165, 1.54) is 6.42 Å². The van der Waals surface area contributed by atoms with Gasteiger partial charge in [-0.25, -0.2) is 4.79 Å². The minimum absolute atomic E-state index is 0.203. The molecule has 0 spiro atoms. The summed E-state index contributed by atoms with van der Waals surface area (Å²) in [5.41, 5.74) is 1.46. The average Bonchev–Trinajstić information content (AvgIpc) is 2.55. The van der Waals surface area contributed by atoms with Crippen molar-refractivity contribution in [2.75, 3.05) is 25.6 Å². The van der Waals surface area contributed by atoms with E-state index in [1.54, 1.807) is 12.1 Å². The SMILES string of the molecule is C[C@@H]1CCCC[C@@H]1NC(=O)COC(=O)c1ccc(N(C)C)cc1. The van der Waals surface area contributed by atoms with Gasteiger partial charge in [-0.2, -0.15) is 0 Å². The maximum Gasteiger partial charge on any atom is 0.338 e. The zero-order chi connectivity index (χ0) is 16.8. The Kier molecular flexibility index (Phi) is 6.02. The van der Waals surface area contributed by atoms with Crippen molar-refractivity contribution in [3.63, 3.8) is 0 Å². The third-order valence-corrected chi connectivity index (χ3v) is 4.41. The monoisotopic (exact) mass is 318 g/mol. The topological polar surface area (TPSA) is 58.6 Å². The zero-order valence-corrected chi connectivity index (χ0v) is 14.2. The second-order valence-electron chi connectivity index (χ2n) is 6.45. The Hall–Kier alpha value is -2.04. The molecule has 5 heteroatoms. The molecule has 0 radical (unpaired) electrons. The van der Waals surface area contributed by atoms with Gasteiger partial charge in [-0.3, -0.25) is 4.79 Å². The number of nitrogens with zero attached hydrogens (tertiary/aromatic N) is 1. The second kappa shape index (κ2) is 7.99. The first kappa shape index (κ1) is 17.3. The zero-order valence-electron chi connectivity index (χ0n) is 14.2. The highest BCUT2D eigenvalue weighted by atomic mass is 16.5. The van der Waals surface area contributed by atoms with E-state index >= 15 is 0 Å². The number of carbonyl (C=O) groups excluding carboxylic acids is 2. The lowest BCUT2D eigenvalue weighted by Gasteiger charge is -2.29. The summed E-state index contributed by atoms with van der Waals surface area (Å²) in [5, 5.41) is 2.98. The van der Waals surface area contributed by atoms with Crippen molar-refractivity contribution in [1.82, 2.24) is 5.32 Å². The molecule has 1 saturated carbocycles. The number of carbonyl (C=O) groups is 2. The number of esters is 1. The summed E-state index contributed by atoms with van der Waals surface area (Å²) in [6.07, 6.45) is 4.52. The van der Waals surface area contributed by atoms with Crippen molar-refractivity contribution >= 4 is 17.6 Å². The van der Waals surface area contributed by atoms with Gasteiger partial charge in [-0.15, -0.1) is 0 Å². The average molecular weight is 318 g/mol. The molecule has 2 atom stereocenters. The Morgan fingerprint density at radius 1 is 1.17 bits per heavy atom. The van der Waals surface area contributed by atoms with Crippen LogP contribution in [0, 0.1) is 5.92 Å². The summed E-state index contributed by atoms with van der Waals surface area (Å²) in [6, 6.07) is 7.31. The number of benzene rings is 1. The Labute approximate surface area is 138 Å². The van der Waals surface area contributed by atoms with E-state index in [9.17, 15) is 9.59 Å². The first-order valence-corrected chi connectivity index (χ1v) is 8.21. The van der Waals surface area contributed by atoms with Crippen molar-refractivity contribution in [1.29, 1.82) is 0 Å². The van der Waals surface area contributed by atoms with E-state index in [1.807, 2.05) is 31.1 Å². The summed E-state index contributed by atoms with van der Waals surface area (Å²) >= 11 is 0. The minimum atomic E-state index is -0.470. The van der Waals surface area contributed by atoms with Gasteiger partial charge in [0, 0.05) is 25.8 Å². The van der Waals surface area contributed by atoms with Crippen LogP contribution in [0.15, 0.2) is 24.3 Å². The maximum absolute atomic E-state index is 12.0. The molecule has 1 aromatic carbocycles. The highest BCUT2D eigenvalue weighted by molar-refractivity contribution is 5.91. The molecular weight excluding hydrogens is 292 g/mol. The quantitative estimate of drug-likeness (QED) is 0.848. The first-order valence-electron chi connectivity index (χ1n) is 8.21. The molecule has 0 aliphatic heterocycles. The van der Waals surface area contributed by atoms with Gasteiger partial charge in [0.05, 0.1) is 5.56 Å². The van der Waals surface area contributed by atoms with E-state index in [2.05, 4.69) is 12.2 Å². The van der Waals surface area contributed by atoms with Crippen LogP contribution in [0.4, 0.5) is 5.69 Å². The molecule has 1 aliphatic rings. The molecule has 0 saturated heterocycles. The molecule has 1 N–H and O–H groups in total. The fraction of sp³-hybridized carbons (Fsp3) is 0.556. The van der Waals surface area contributed by atoms with E-state index < -0.39 is 5.97 Å². The number of ether oxygens (including phenoxy) is 1. The Morgan fingerprint density at radius 2 is 1.83 bits per heavy atom. The van der Waals surface area contributed by atoms with Crippen LogP contribution in [-0.2, 0) is 9.53 Å². The molecular formula is C18H26N2O3. The van der Waals surface area contributed by atoms with Crippen LogP contribution in [-0.4, -0.2) is 38.6 Å². The predicted octanol–water partition coefficient (Wildman–Crippen LogP) is 2.60. The van der Waals surface area contributed by atoms with Gasteiger partial charge in [0.15, 0.2) is 6.61 Å². The van der Waals surface area contributed by atoms with Gasteiger partial charge >= 0.3 is 5.97 Å². The maximum atomic E-state index is 12.0. The van der Waals surface area contributed by atoms with Crippen LogP contribution >= 0.6 is 0 Å². The molecule has 5 nitrogen and oxygen atoms in total. The molecule has 23 heavy (non-hydrogen) atoms. The van der Waals surface area contributed by atoms with Gasteiger partial charge in [-0.1, -0.05) is 19.8 Å². The molecule has 1 aromatic rings. The predicted molar refractivity (Wildman–Crippen MR) is 90.6 cm³/mol. The number of hydrogen-bond acceptors (Lipinski definition) is 4. The third-order valence-electron chi connectivity index (χ3n) is 4.41. The fourth-order valence-corrected chi connectivity index (χ4v) is 2.89. The fourth-order valence-electron chi connectivity index (χ4n) is 2.89. The Bertz CT molecular complexity index is 540. The van der Waals surface area contributed by atoms with Crippen molar-refractivity contribution in [3.8, 4) is 0 Å². The van der Waals surface area contributed by atoms with Crippen LogP contribution in [0.2, 0.25) is 0 Å². The molecule has 1 amide bonds. The minimum Gasteiger partial charge on any atom is -0.452 e. The van der Waals surface area contributed by atoms with Crippen molar-refractivity contribution < 1.29 is 14.3 Å². The van der Waals surface area contributed by atoms with Crippen LogP contribution in [0.1, 0.15) is 43.0 Å². The summed E-state index contributed by atoms with van der Waals surface area (Å²) in [6.45, 7) is 1.93. The largest absolute Gasteiger partial charge is 0.452 e. The third kappa shape index (κ3) is 4.98. The van der Waals surface area contributed by atoms with E-state index in [-0.39, 0.29) is 18.6 Å². The lowest BCUT2D eigenvalue weighted by molar-refractivity contribution is -0.125. The van der Waals surface area contributed by atoms with Crippen molar-refractivity contribution in [2.24, 2.45) is 5.92 Å². The number of rotatable bonds is 5. The van der Waals surface area contributed by atoms with Gasteiger partial charge < -0.3 is 15.0 Å². The highest BCUT2D eigenvalue weighted by Crippen LogP contribution is 2.23. The number of nitrogens with one attached hydrogen (secondary N) is 1. The summed E-state index contributed by atoms with van der Waals surface area (Å²) in [7, 11) is 3.87.